The second-order valence-corrected chi connectivity index (χ2v) is 6.00. The van der Waals surface area contributed by atoms with Gasteiger partial charge in [-0.15, -0.1) is 0 Å². The molecule has 0 saturated heterocycles. The van der Waals surface area contributed by atoms with Crippen LogP contribution in [0, 0.1) is 10.1 Å². The standard InChI is InChI=1S/C20H15F3N4O3/c1-30-15-8-5-13(6-9-15)19(17-4-2-3-11-24-17)26-25-16-10-7-14(20(21,22)23)12-18(16)27(28)29/h2-12,25H,1H3/b26-19-. The normalized spacial score (nSPS) is 11.8. The van der Waals surface area contributed by atoms with Crippen LogP contribution in [-0.2, 0) is 6.18 Å². The molecule has 0 aliphatic heterocycles. The Morgan fingerprint density at radius 2 is 1.87 bits per heavy atom. The Labute approximate surface area is 169 Å². The molecule has 30 heavy (non-hydrogen) atoms. The van der Waals surface area contributed by atoms with Gasteiger partial charge in [0, 0.05) is 17.8 Å². The zero-order valence-electron chi connectivity index (χ0n) is 15.6. The fourth-order valence-corrected chi connectivity index (χ4v) is 2.59. The molecular weight excluding hydrogens is 401 g/mol. The van der Waals surface area contributed by atoms with Crippen molar-refractivity contribution >= 4 is 17.1 Å². The molecule has 0 saturated carbocycles. The largest absolute Gasteiger partial charge is 0.497 e. The molecule has 3 aromatic rings. The van der Waals surface area contributed by atoms with Gasteiger partial charge in [-0.3, -0.25) is 20.5 Å². The first-order valence-electron chi connectivity index (χ1n) is 8.55. The smallest absolute Gasteiger partial charge is 0.416 e. The number of hydrogen-bond donors (Lipinski definition) is 1. The van der Waals surface area contributed by atoms with E-state index < -0.39 is 22.4 Å². The Balaban J connectivity index is 2.03. The number of anilines is 1. The average Bonchev–Trinajstić information content (AvgIpc) is 2.74. The minimum atomic E-state index is -4.70. The molecule has 10 heteroatoms. The van der Waals surface area contributed by atoms with Gasteiger partial charge in [0.25, 0.3) is 5.69 Å². The predicted molar refractivity (Wildman–Crippen MR) is 105 cm³/mol. The van der Waals surface area contributed by atoms with E-state index in [1.54, 1.807) is 48.7 Å². The van der Waals surface area contributed by atoms with Gasteiger partial charge in [-0.1, -0.05) is 6.07 Å². The number of nitro benzene ring substituents is 1. The number of pyridine rings is 1. The number of rotatable bonds is 6. The highest BCUT2D eigenvalue weighted by Gasteiger charge is 2.33. The summed E-state index contributed by atoms with van der Waals surface area (Å²) in [6.07, 6.45) is -3.15. The zero-order valence-corrected chi connectivity index (χ0v) is 15.6. The number of halogens is 3. The maximum atomic E-state index is 12.9. The first-order valence-corrected chi connectivity index (χ1v) is 8.55. The molecule has 154 valence electrons. The van der Waals surface area contributed by atoms with Crippen molar-refractivity contribution in [3.8, 4) is 5.75 Å². The molecule has 7 nitrogen and oxygen atoms in total. The molecule has 0 aliphatic carbocycles. The molecule has 0 aliphatic rings. The number of methoxy groups -OCH3 is 1. The van der Waals surface area contributed by atoms with Crippen molar-refractivity contribution in [3.63, 3.8) is 0 Å². The fraction of sp³-hybridized carbons (Fsp3) is 0.100. The lowest BCUT2D eigenvalue weighted by Gasteiger charge is -2.10. The first-order chi connectivity index (χ1) is 14.3. The third-order valence-corrected chi connectivity index (χ3v) is 4.08. The average molecular weight is 416 g/mol. The highest BCUT2D eigenvalue weighted by atomic mass is 19.4. The van der Waals surface area contributed by atoms with Gasteiger partial charge in [0.2, 0.25) is 0 Å². The number of benzene rings is 2. The number of alkyl halides is 3. The van der Waals surface area contributed by atoms with Gasteiger partial charge in [-0.05, 0) is 48.5 Å². The molecule has 0 spiro atoms. The SMILES string of the molecule is COc1ccc(/C(=N/Nc2ccc(C(F)(F)F)cc2[N+](=O)[O-])c2ccccn2)cc1. The van der Waals surface area contributed by atoms with Gasteiger partial charge >= 0.3 is 6.18 Å². The van der Waals surface area contributed by atoms with Crippen LogP contribution in [0.15, 0.2) is 72.0 Å². The summed E-state index contributed by atoms with van der Waals surface area (Å²) >= 11 is 0. The minimum absolute atomic E-state index is 0.185. The van der Waals surface area contributed by atoms with E-state index >= 15 is 0 Å². The lowest BCUT2D eigenvalue weighted by molar-refractivity contribution is -0.384. The Morgan fingerprint density at radius 1 is 1.13 bits per heavy atom. The van der Waals surface area contributed by atoms with Crippen LogP contribution in [0.25, 0.3) is 0 Å². The summed E-state index contributed by atoms with van der Waals surface area (Å²) in [6.45, 7) is 0. The summed E-state index contributed by atoms with van der Waals surface area (Å²) in [5, 5.41) is 15.5. The van der Waals surface area contributed by atoms with Gasteiger partial charge in [-0.2, -0.15) is 18.3 Å². The van der Waals surface area contributed by atoms with E-state index in [1.807, 2.05) is 0 Å². The summed E-state index contributed by atoms with van der Waals surface area (Å²) < 4.78 is 43.8. The Kier molecular flexibility index (Phi) is 5.95. The third-order valence-electron chi connectivity index (χ3n) is 4.08. The predicted octanol–water partition coefficient (Wildman–Crippen LogP) is 4.88. The van der Waals surface area contributed by atoms with Gasteiger partial charge in [-0.25, -0.2) is 0 Å². The number of nitrogens with one attached hydrogen (secondary N) is 1. The molecule has 0 atom stereocenters. The van der Waals surface area contributed by atoms with E-state index in [-0.39, 0.29) is 5.69 Å². The maximum absolute atomic E-state index is 12.9. The fourth-order valence-electron chi connectivity index (χ4n) is 2.59. The van der Waals surface area contributed by atoms with Crippen LogP contribution < -0.4 is 10.2 Å². The van der Waals surface area contributed by atoms with E-state index in [9.17, 15) is 23.3 Å². The van der Waals surface area contributed by atoms with Crippen LogP contribution in [0.2, 0.25) is 0 Å². The van der Waals surface area contributed by atoms with Crippen LogP contribution in [0.1, 0.15) is 16.8 Å². The van der Waals surface area contributed by atoms with Crippen molar-refractivity contribution in [1.29, 1.82) is 0 Å². The molecule has 0 bridgehead atoms. The van der Waals surface area contributed by atoms with Crippen LogP contribution in [-0.4, -0.2) is 22.7 Å². The monoisotopic (exact) mass is 416 g/mol. The van der Waals surface area contributed by atoms with E-state index in [0.717, 1.165) is 12.1 Å². The lowest BCUT2D eigenvalue weighted by atomic mass is 10.1. The molecule has 2 aromatic carbocycles. The number of ether oxygens (including phenoxy) is 1. The highest BCUT2D eigenvalue weighted by Crippen LogP contribution is 2.35. The zero-order chi connectivity index (χ0) is 21.7. The molecule has 0 unspecified atom stereocenters. The summed E-state index contributed by atoms with van der Waals surface area (Å²) in [5.74, 6) is 0.616. The molecule has 1 aromatic heterocycles. The van der Waals surface area contributed by atoms with Gasteiger partial charge in [0.05, 0.1) is 23.3 Å². The molecule has 0 fully saturated rings. The minimum Gasteiger partial charge on any atom is -0.497 e. The van der Waals surface area contributed by atoms with Crippen molar-refractivity contribution in [2.45, 2.75) is 6.18 Å². The van der Waals surface area contributed by atoms with Crippen LogP contribution in [0.4, 0.5) is 24.5 Å². The quantitative estimate of drug-likeness (QED) is 0.351. The van der Waals surface area contributed by atoms with Crippen LogP contribution >= 0.6 is 0 Å². The summed E-state index contributed by atoms with van der Waals surface area (Å²) in [6, 6.07) is 14.2. The van der Waals surface area contributed by atoms with E-state index in [2.05, 4.69) is 15.5 Å². The molecule has 0 radical (unpaired) electrons. The summed E-state index contributed by atoms with van der Waals surface area (Å²) in [7, 11) is 1.52. The second kappa shape index (κ2) is 8.60. The van der Waals surface area contributed by atoms with Crippen molar-refractivity contribution in [2.24, 2.45) is 5.10 Å². The third kappa shape index (κ3) is 4.72. The van der Waals surface area contributed by atoms with Crippen LogP contribution in [0.3, 0.4) is 0 Å². The van der Waals surface area contributed by atoms with Crippen molar-refractivity contribution in [3.05, 3.63) is 93.8 Å². The number of hydrogen-bond acceptors (Lipinski definition) is 6. The van der Waals surface area contributed by atoms with Gasteiger partial charge in [0.1, 0.15) is 17.1 Å². The van der Waals surface area contributed by atoms with Crippen molar-refractivity contribution in [2.75, 3.05) is 12.5 Å². The summed E-state index contributed by atoms with van der Waals surface area (Å²) in [5.41, 5.74) is 1.88. The number of hydrazone groups is 1. The highest BCUT2D eigenvalue weighted by molar-refractivity contribution is 6.12. The van der Waals surface area contributed by atoms with Crippen molar-refractivity contribution < 1.29 is 22.8 Å². The molecule has 1 N–H and O–H groups in total. The Morgan fingerprint density at radius 3 is 2.43 bits per heavy atom. The van der Waals surface area contributed by atoms with E-state index in [4.69, 9.17) is 4.74 Å². The number of nitro groups is 1. The van der Waals surface area contributed by atoms with E-state index in [1.165, 1.54) is 7.11 Å². The molecule has 3 rings (SSSR count). The van der Waals surface area contributed by atoms with Gasteiger partial charge < -0.3 is 4.74 Å². The molecule has 1 heterocycles. The topological polar surface area (TPSA) is 89.6 Å². The van der Waals surface area contributed by atoms with Crippen molar-refractivity contribution in [1.82, 2.24) is 4.98 Å². The second-order valence-electron chi connectivity index (χ2n) is 6.00. The number of aromatic nitrogens is 1. The summed E-state index contributed by atoms with van der Waals surface area (Å²) in [4.78, 5) is 14.6. The Bertz CT molecular complexity index is 1070. The number of nitrogens with zero attached hydrogens (tertiary/aromatic N) is 3. The maximum Gasteiger partial charge on any atom is 0.416 e. The van der Waals surface area contributed by atoms with E-state index in [0.29, 0.717) is 28.8 Å². The first kappa shape index (κ1) is 20.8. The lowest BCUT2D eigenvalue weighted by Crippen LogP contribution is -2.10. The molecular formula is C20H15F3N4O3. The van der Waals surface area contributed by atoms with Crippen LogP contribution in [0.5, 0.6) is 5.75 Å². The Hall–Kier alpha value is -3.95. The van der Waals surface area contributed by atoms with Gasteiger partial charge in [0.15, 0.2) is 0 Å². The molecule has 0 amide bonds.